The van der Waals surface area contributed by atoms with Crippen molar-refractivity contribution in [3.8, 4) is 0 Å². The lowest BCUT2D eigenvalue weighted by atomic mass is 9.85. The third kappa shape index (κ3) is 3.83. The number of piperidine rings is 1. The Balaban J connectivity index is 1.86. The molecule has 2 unspecified atom stereocenters. The van der Waals surface area contributed by atoms with Crippen molar-refractivity contribution in [1.82, 2.24) is 9.80 Å². The summed E-state index contributed by atoms with van der Waals surface area (Å²) in [4.78, 5) is 27.5. The second kappa shape index (κ2) is 7.79. The summed E-state index contributed by atoms with van der Waals surface area (Å²) in [6.07, 6.45) is -0.321. The number of benzene rings is 2. The maximum Gasteiger partial charge on any atom is 0.407 e. The van der Waals surface area contributed by atoms with Crippen LogP contribution < -0.4 is 0 Å². The Morgan fingerprint density at radius 3 is 2.38 bits per heavy atom. The highest BCUT2D eigenvalue weighted by Crippen LogP contribution is 2.31. The molecule has 2 aromatic rings. The zero-order valence-electron chi connectivity index (χ0n) is 14.5. The van der Waals surface area contributed by atoms with Crippen molar-refractivity contribution in [3.63, 3.8) is 0 Å². The van der Waals surface area contributed by atoms with Crippen LogP contribution in [-0.2, 0) is 0 Å². The zero-order chi connectivity index (χ0) is 18.7. The Morgan fingerprint density at radius 2 is 1.77 bits per heavy atom. The standard InChI is InChI=1S/C20H21ClN2O3/c1-22(19(24)15-7-9-16(21)10-8-15)18-11-12-23(20(25)26)13-17(18)14-5-3-2-4-6-14/h2-10,17-18H,11-13H2,1H3,(H,25,26). The Hall–Kier alpha value is -2.53. The number of hydrogen-bond acceptors (Lipinski definition) is 2. The van der Waals surface area contributed by atoms with Gasteiger partial charge in [-0.3, -0.25) is 4.79 Å². The summed E-state index contributed by atoms with van der Waals surface area (Å²) in [5, 5.41) is 9.96. The van der Waals surface area contributed by atoms with Crippen LogP contribution in [0.2, 0.25) is 5.02 Å². The van der Waals surface area contributed by atoms with Gasteiger partial charge in [0, 0.05) is 42.7 Å². The predicted octanol–water partition coefficient (Wildman–Crippen LogP) is 3.95. The predicted molar refractivity (Wildman–Crippen MR) is 101 cm³/mol. The number of carboxylic acid groups (broad SMARTS) is 1. The maximum atomic E-state index is 12.9. The average Bonchev–Trinajstić information content (AvgIpc) is 2.67. The van der Waals surface area contributed by atoms with Crippen LogP contribution in [0.5, 0.6) is 0 Å². The van der Waals surface area contributed by atoms with Crippen LogP contribution in [0.25, 0.3) is 0 Å². The molecule has 3 rings (SSSR count). The second-order valence-corrected chi connectivity index (χ2v) is 6.96. The molecule has 1 heterocycles. The van der Waals surface area contributed by atoms with E-state index in [-0.39, 0.29) is 17.9 Å². The third-order valence-electron chi connectivity index (χ3n) is 4.98. The van der Waals surface area contributed by atoms with Gasteiger partial charge in [-0.05, 0) is 36.2 Å². The van der Waals surface area contributed by atoms with Crippen LogP contribution in [-0.4, -0.2) is 53.1 Å². The third-order valence-corrected chi connectivity index (χ3v) is 5.24. The molecule has 1 saturated heterocycles. The quantitative estimate of drug-likeness (QED) is 0.887. The molecule has 0 saturated carbocycles. The first-order chi connectivity index (χ1) is 12.5. The van der Waals surface area contributed by atoms with E-state index in [1.807, 2.05) is 30.3 Å². The Labute approximate surface area is 157 Å². The molecule has 0 radical (unpaired) electrons. The van der Waals surface area contributed by atoms with E-state index in [0.29, 0.717) is 30.1 Å². The minimum Gasteiger partial charge on any atom is -0.465 e. The molecule has 1 N–H and O–H groups in total. The highest BCUT2D eigenvalue weighted by atomic mass is 35.5. The highest BCUT2D eigenvalue weighted by molar-refractivity contribution is 6.30. The highest BCUT2D eigenvalue weighted by Gasteiger charge is 2.36. The molecule has 26 heavy (non-hydrogen) atoms. The second-order valence-electron chi connectivity index (χ2n) is 6.52. The first-order valence-electron chi connectivity index (χ1n) is 8.53. The van der Waals surface area contributed by atoms with Crippen LogP contribution in [0.1, 0.15) is 28.3 Å². The Bertz CT molecular complexity index is 779. The van der Waals surface area contributed by atoms with Gasteiger partial charge in [0.25, 0.3) is 5.91 Å². The molecular weight excluding hydrogens is 352 g/mol. The molecule has 1 aliphatic heterocycles. The molecule has 0 aromatic heterocycles. The van der Waals surface area contributed by atoms with Crippen molar-refractivity contribution in [2.75, 3.05) is 20.1 Å². The van der Waals surface area contributed by atoms with Gasteiger partial charge in [-0.25, -0.2) is 4.79 Å². The van der Waals surface area contributed by atoms with E-state index in [1.54, 1.807) is 36.2 Å². The number of nitrogens with zero attached hydrogens (tertiary/aromatic N) is 2. The first-order valence-corrected chi connectivity index (χ1v) is 8.90. The van der Waals surface area contributed by atoms with Crippen molar-refractivity contribution in [3.05, 3.63) is 70.7 Å². The normalized spacial score (nSPS) is 19.8. The molecular formula is C20H21ClN2O3. The number of likely N-dealkylation sites (tertiary alicyclic amines) is 1. The summed E-state index contributed by atoms with van der Waals surface area (Å²) >= 11 is 5.91. The number of rotatable bonds is 3. The van der Waals surface area contributed by atoms with Gasteiger partial charge in [-0.1, -0.05) is 41.9 Å². The SMILES string of the molecule is CN(C(=O)c1ccc(Cl)cc1)C1CCN(C(=O)O)CC1c1ccccc1. The molecule has 0 bridgehead atoms. The van der Waals surface area contributed by atoms with Gasteiger partial charge in [-0.15, -0.1) is 0 Å². The zero-order valence-corrected chi connectivity index (χ0v) is 15.3. The minimum atomic E-state index is -0.920. The molecule has 1 fully saturated rings. The summed E-state index contributed by atoms with van der Waals surface area (Å²) in [5.41, 5.74) is 1.61. The molecule has 2 aromatic carbocycles. The molecule has 5 nitrogen and oxygen atoms in total. The van der Waals surface area contributed by atoms with E-state index in [9.17, 15) is 14.7 Å². The lowest BCUT2D eigenvalue weighted by Gasteiger charge is -2.42. The lowest BCUT2D eigenvalue weighted by molar-refractivity contribution is 0.0591. The Kier molecular flexibility index (Phi) is 5.47. The summed E-state index contributed by atoms with van der Waals surface area (Å²) in [6, 6.07) is 16.5. The number of halogens is 1. The van der Waals surface area contributed by atoms with Crippen molar-refractivity contribution in [1.29, 1.82) is 0 Å². The first kappa shape index (κ1) is 18.3. The average molecular weight is 373 g/mol. The molecule has 6 heteroatoms. The van der Waals surface area contributed by atoms with Crippen molar-refractivity contribution in [2.24, 2.45) is 0 Å². The Morgan fingerprint density at radius 1 is 1.12 bits per heavy atom. The fraction of sp³-hybridized carbons (Fsp3) is 0.300. The molecule has 2 amide bonds. The van der Waals surface area contributed by atoms with Crippen molar-refractivity contribution in [2.45, 2.75) is 18.4 Å². The summed E-state index contributed by atoms with van der Waals surface area (Å²) in [6.45, 7) is 0.795. The van der Waals surface area contributed by atoms with E-state index >= 15 is 0 Å². The number of carbonyl (C=O) groups is 2. The molecule has 136 valence electrons. The monoisotopic (exact) mass is 372 g/mol. The van der Waals surface area contributed by atoms with Gasteiger partial charge < -0.3 is 14.9 Å². The summed E-state index contributed by atoms with van der Waals surface area (Å²) < 4.78 is 0. The van der Waals surface area contributed by atoms with Gasteiger partial charge in [0.2, 0.25) is 0 Å². The maximum absolute atomic E-state index is 12.9. The van der Waals surface area contributed by atoms with E-state index in [2.05, 4.69) is 0 Å². The number of carbonyl (C=O) groups excluding carboxylic acids is 1. The largest absolute Gasteiger partial charge is 0.465 e. The minimum absolute atomic E-state index is 0.0673. The van der Waals surface area contributed by atoms with E-state index in [4.69, 9.17) is 11.6 Å². The summed E-state index contributed by atoms with van der Waals surface area (Å²) in [5.74, 6) is -0.154. The lowest BCUT2D eigenvalue weighted by Crippen LogP contribution is -2.51. The molecule has 1 aliphatic rings. The van der Waals surface area contributed by atoms with Crippen LogP contribution in [0.3, 0.4) is 0 Å². The number of amides is 2. The number of likely N-dealkylation sites (N-methyl/N-ethyl adjacent to an activating group) is 1. The van der Waals surface area contributed by atoms with Gasteiger partial charge in [0.05, 0.1) is 0 Å². The fourth-order valence-corrected chi connectivity index (χ4v) is 3.68. The van der Waals surface area contributed by atoms with E-state index in [0.717, 1.165) is 5.56 Å². The summed E-state index contributed by atoms with van der Waals surface area (Å²) in [7, 11) is 1.79. The van der Waals surface area contributed by atoms with Crippen molar-refractivity contribution >= 4 is 23.6 Å². The van der Waals surface area contributed by atoms with Crippen LogP contribution >= 0.6 is 11.6 Å². The van der Waals surface area contributed by atoms with E-state index < -0.39 is 6.09 Å². The molecule has 2 atom stereocenters. The topological polar surface area (TPSA) is 60.9 Å². The fourth-order valence-electron chi connectivity index (χ4n) is 3.55. The molecule has 0 aliphatic carbocycles. The van der Waals surface area contributed by atoms with Crippen LogP contribution in [0.4, 0.5) is 4.79 Å². The van der Waals surface area contributed by atoms with Gasteiger partial charge in [0.15, 0.2) is 0 Å². The van der Waals surface area contributed by atoms with E-state index in [1.165, 1.54) is 4.90 Å². The molecule has 0 spiro atoms. The van der Waals surface area contributed by atoms with Gasteiger partial charge >= 0.3 is 6.09 Å². The van der Waals surface area contributed by atoms with Crippen LogP contribution in [0, 0.1) is 0 Å². The van der Waals surface area contributed by atoms with Gasteiger partial charge in [0.1, 0.15) is 0 Å². The number of hydrogen-bond donors (Lipinski definition) is 1. The van der Waals surface area contributed by atoms with Gasteiger partial charge in [-0.2, -0.15) is 0 Å². The smallest absolute Gasteiger partial charge is 0.407 e. The van der Waals surface area contributed by atoms with Crippen LogP contribution in [0.15, 0.2) is 54.6 Å². The van der Waals surface area contributed by atoms with Crippen molar-refractivity contribution < 1.29 is 14.7 Å².